The van der Waals surface area contributed by atoms with E-state index in [0.29, 0.717) is 37.7 Å². The smallest absolute Gasteiger partial charge is 0.270 e. The van der Waals surface area contributed by atoms with E-state index in [2.05, 4.69) is 29.2 Å². The van der Waals surface area contributed by atoms with Crippen LogP contribution in [0.5, 0.6) is 0 Å². The summed E-state index contributed by atoms with van der Waals surface area (Å²) < 4.78 is 1.91. The molecule has 1 atom stereocenters. The molecule has 0 saturated heterocycles. The highest BCUT2D eigenvalue weighted by molar-refractivity contribution is 7.07. The number of thiazole rings is 1. The predicted molar refractivity (Wildman–Crippen MR) is 95.2 cm³/mol. The van der Waals surface area contributed by atoms with Crippen molar-refractivity contribution in [2.24, 2.45) is 5.92 Å². The minimum atomic E-state index is -0.196. The van der Waals surface area contributed by atoms with Gasteiger partial charge in [0.25, 0.3) is 5.91 Å². The van der Waals surface area contributed by atoms with Gasteiger partial charge in [-0.05, 0) is 18.4 Å². The van der Waals surface area contributed by atoms with Crippen molar-refractivity contribution in [3.05, 3.63) is 34.5 Å². The van der Waals surface area contributed by atoms with E-state index in [1.165, 1.54) is 11.3 Å². The lowest BCUT2D eigenvalue weighted by Gasteiger charge is -2.34. The fourth-order valence-corrected chi connectivity index (χ4v) is 3.46. The van der Waals surface area contributed by atoms with Gasteiger partial charge in [0, 0.05) is 31.1 Å². The van der Waals surface area contributed by atoms with Gasteiger partial charge in [0.05, 0.1) is 23.8 Å². The second-order valence-corrected chi connectivity index (χ2v) is 7.43. The Morgan fingerprint density at radius 1 is 1.44 bits per heavy atom. The van der Waals surface area contributed by atoms with E-state index in [0.717, 1.165) is 12.1 Å². The lowest BCUT2D eigenvalue weighted by atomic mass is 10.1. The van der Waals surface area contributed by atoms with Crippen molar-refractivity contribution in [1.82, 2.24) is 25.0 Å². The largest absolute Gasteiger partial charge is 0.348 e. The number of carbonyl (C=O) groups is 2. The fourth-order valence-electron chi connectivity index (χ4n) is 2.92. The molecule has 3 heterocycles. The molecule has 134 valence electrons. The highest BCUT2D eigenvalue weighted by Crippen LogP contribution is 2.21. The molecule has 0 spiro atoms. The Bertz CT molecular complexity index is 725. The molecule has 1 aliphatic rings. The molecule has 8 heteroatoms. The van der Waals surface area contributed by atoms with Crippen LogP contribution in [0.1, 0.15) is 48.9 Å². The molecule has 0 aliphatic carbocycles. The van der Waals surface area contributed by atoms with Gasteiger partial charge >= 0.3 is 0 Å². The Kier molecular flexibility index (Phi) is 5.47. The first-order valence-corrected chi connectivity index (χ1v) is 9.45. The quantitative estimate of drug-likeness (QED) is 0.854. The van der Waals surface area contributed by atoms with Gasteiger partial charge in [-0.3, -0.25) is 14.3 Å². The van der Waals surface area contributed by atoms with Gasteiger partial charge in [-0.2, -0.15) is 5.10 Å². The molecule has 1 aliphatic heterocycles. The van der Waals surface area contributed by atoms with Crippen LogP contribution in [-0.4, -0.2) is 44.6 Å². The molecule has 2 aromatic rings. The molecule has 0 unspecified atom stereocenters. The number of fused-ring (bicyclic) bond motifs is 1. The second kappa shape index (κ2) is 7.77. The Balaban J connectivity index is 1.64. The highest BCUT2D eigenvalue weighted by Gasteiger charge is 2.28. The van der Waals surface area contributed by atoms with Crippen LogP contribution in [0.4, 0.5) is 0 Å². The Hall–Kier alpha value is -2.22. The molecule has 0 saturated carbocycles. The van der Waals surface area contributed by atoms with E-state index in [1.54, 1.807) is 17.1 Å². The maximum Gasteiger partial charge on any atom is 0.270 e. The van der Waals surface area contributed by atoms with E-state index in [1.807, 2.05) is 15.6 Å². The number of nitrogens with zero attached hydrogens (tertiary/aromatic N) is 4. The molecule has 2 amide bonds. The van der Waals surface area contributed by atoms with Crippen molar-refractivity contribution >= 4 is 23.2 Å². The molecule has 25 heavy (non-hydrogen) atoms. The third-order valence-corrected chi connectivity index (χ3v) is 4.92. The van der Waals surface area contributed by atoms with Crippen LogP contribution in [0.25, 0.3) is 0 Å². The minimum Gasteiger partial charge on any atom is -0.348 e. The van der Waals surface area contributed by atoms with E-state index in [4.69, 9.17) is 0 Å². The van der Waals surface area contributed by atoms with Crippen LogP contribution in [0.3, 0.4) is 0 Å². The Morgan fingerprint density at radius 2 is 2.28 bits per heavy atom. The predicted octanol–water partition coefficient (Wildman–Crippen LogP) is 2.09. The minimum absolute atomic E-state index is 0.0654. The summed E-state index contributed by atoms with van der Waals surface area (Å²) in [6, 6.07) is 1.86. The van der Waals surface area contributed by atoms with Crippen LogP contribution in [0.2, 0.25) is 0 Å². The monoisotopic (exact) mass is 361 g/mol. The molecule has 0 bridgehead atoms. The lowest BCUT2D eigenvalue weighted by Crippen LogP contribution is -2.45. The van der Waals surface area contributed by atoms with Crippen LogP contribution < -0.4 is 5.32 Å². The average molecular weight is 361 g/mol. The third-order valence-electron chi connectivity index (χ3n) is 4.33. The van der Waals surface area contributed by atoms with E-state index in [-0.39, 0.29) is 17.9 Å². The van der Waals surface area contributed by atoms with Crippen molar-refractivity contribution in [2.75, 3.05) is 13.1 Å². The van der Waals surface area contributed by atoms with Gasteiger partial charge in [-0.25, -0.2) is 4.98 Å². The summed E-state index contributed by atoms with van der Waals surface area (Å²) in [6.07, 6.45) is 3.19. The number of nitrogens with one attached hydrogen (secondary N) is 1. The number of amides is 2. The van der Waals surface area contributed by atoms with Crippen molar-refractivity contribution in [2.45, 2.75) is 39.3 Å². The standard InChI is InChI=1S/C17H23N5O2S/c1-12(2)3-4-16(23)21-8-13-5-6-20-22(13)14(9-21)7-18-17(24)15-10-25-11-19-15/h5-6,10-12,14H,3-4,7-9H2,1-2H3,(H,18,24)/t14-/m1/s1. The number of rotatable bonds is 6. The first-order chi connectivity index (χ1) is 12.0. The van der Waals surface area contributed by atoms with Gasteiger partial charge in [0.15, 0.2) is 0 Å². The fraction of sp³-hybridized carbons (Fsp3) is 0.529. The first-order valence-electron chi connectivity index (χ1n) is 8.51. The third kappa shape index (κ3) is 4.25. The summed E-state index contributed by atoms with van der Waals surface area (Å²) in [6.45, 7) is 5.79. The zero-order valence-electron chi connectivity index (χ0n) is 14.5. The average Bonchev–Trinajstić information content (AvgIpc) is 3.27. The van der Waals surface area contributed by atoms with Crippen LogP contribution in [-0.2, 0) is 11.3 Å². The topological polar surface area (TPSA) is 80.1 Å². The van der Waals surface area contributed by atoms with E-state index >= 15 is 0 Å². The van der Waals surface area contributed by atoms with Gasteiger partial charge in [0.1, 0.15) is 5.69 Å². The SMILES string of the molecule is CC(C)CCC(=O)N1Cc2ccnn2[C@H](CNC(=O)c2cscn2)C1. The first kappa shape index (κ1) is 17.6. The summed E-state index contributed by atoms with van der Waals surface area (Å²) in [5.41, 5.74) is 3.06. The molecule has 0 fully saturated rings. The molecular formula is C17H23N5O2S. The van der Waals surface area contributed by atoms with Crippen LogP contribution in [0, 0.1) is 5.92 Å². The zero-order valence-corrected chi connectivity index (χ0v) is 15.3. The maximum atomic E-state index is 12.5. The Morgan fingerprint density at radius 3 is 3.00 bits per heavy atom. The van der Waals surface area contributed by atoms with Crippen LogP contribution in [0.15, 0.2) is 23.2 Å². The highest BCUT2D eigenvalue weighted by atomic mass is 32.1. The van der Waals surface area contributed by atoms with Crippen molar-refractivity contribution in [3.8, 4) is 0 Å². The summed E-state index contributed by atoms with van der Waals surface area (Å²) in [7, 11) is 0. The zero-order chi connectivity index (χ0) is 17.8. The summed E-state index contributed by atoms with van der Waals surface area (Å²) in [5.74, 6) is 0.475. The normalized spacial score (nSPS) is 16.8. The van der Waals surface area contributed by atoms with Crippen molar-refractivity contribution < 1.29 is 9.59 Å². The molecule has 7 nitrogen and oxygen atoms in total. The number of aromatic nitrogens is 3. The molecule has 2 aromatic heterocycles. The lowest BCUT2D eigenvalue weighted by molar-refractivity contribution is -0.133. The van der Waals surface area contributed by atoms with Gasteiger partial charge in [0.2, 0.25) is 5.91 Å². The molecule has 3 rings (SSSR count). The molecular weight excluding hydrogens is 338 g/mol. The van der Waals surface area contributed by atoms with Gasteiger partial charge in [-0.1, -0.05) is 13.8 Å². The van der Waals surface area contributed by atoms with Gasteiger partial charge in [-0.15, -0.1) is 11.3 Å². The molecule has 0 radical (unpaired) electrons. The summed E-state index contributed by atoms with van der Waals surface area (Å²) in [5, 5.41) is 8.98. The Labute approximate surface area is 151 Å². The second-order valence-electron chi connectivity index (χ2n) is 6.71. The van der Waals surface area contributed by atoms with E-state index in [9.17, 15) is 9.59 Å². The van der Waals surface area contributed by atoms with Gasteiger partial charge < -0.3 is 10.2 Å². The number of hydrogen-bond donors (Lipinski definition) is 1. The number of hydrogen-bond acceptors (Lipinski definition) is 5. The maximum absolute atomic E-state index is 12.5. The molecule has 0 aromatic carbocycles. The van der Waals surface area contributed by atoms with Crippen molar-refractivity contribution in [3.63, 3.8) is 0 Å². The summed E-state index contributed by atoms with van der Waals surface area (Å²) in [4.78, 5) is 30.5. The van der Waals surface area contributed by atoms with E-state index < -0.39 is 0 Å². The van der Waals surface area contributed by atoms with Crippen molar-refractivity contribution in [1.29, 1.82) is 0 Å². The number of carbonyl (C=O) groups excluding carboxylic acids is 2. The van der Waals surface area contributed by atoms with Crippen LogP contribution >= 0.6 is 11.3 Å². The molecule has 1 N–H and O–H groups in total. The summed E-state index contributed by atoms with van der Waals surface area (Å²) >= 11 is 1.39.